The van der Waals surface area contributed by atoms with Gasteiger partial charge in [0.15, 0.2) is 0 Å². The molecule has 0 aliphatic heterocycles. The van der Waals surface area contributed by atoms with E-state index in [-0.39, 0.29) is 0 Å². The average Bonchev–Trinajstić information content (AvgIpc) is 2.19. The van der Waals surface area contributed by atoms with E-state index in [1.165, 1.54) is 36.0 Å². The molecule has 0 nitrogen and oxygen atoms in total. The van der Waals surface area contributed by atoms with Gasteiger partial charge in [-0.05, 0) is 49.3 Å². The first-order valence-electron chi connectivity index (χ1n) is 5.69. The van der Waals surface area contributed by atoms with Crippen LogP contribution in [-0.4, -0.2) is 0 Å². The minimum Gasteiger partial charge on any atom is -0.0651 e. The molecule has 0 aliphatic carbocycles. The van der Waals surface area contributed by atoms with Gasteiger partial charge < -0.3 is 0 Å². The van der Waals surface area contributed by atoms with Gasteiger partial charge in [-0.25, -0.2) is 0 Å². The summed E-state index contributed by atoms with van der Waals surface area (Å²) < 4.78 is 0. The van der Waals surface area contributed by atoms with Gasteiger partial charge in [-0.15, -0.1) is 0 Å². The fourth-order valence-electron chi connectivity index (χ4n) is 1.58. The van der Waals surface area contributed by atoms with Gasteiger partial charge >= 0.3 is 0 Å². The van der Waals surface area contributed by atoms with E-state index >= 15 is 0 Å². The second kappa shape index (κ2) is 5.19. The molecule has 1 unspecified atom stereocenters. The highest BCUT2D eigenvalue weighted by Gasteiger charge is 2.00. The molecule has 1 atom stereocenters. The van der Waals surface area contributed by atoms with Crippen LogP contribution in [0.15, 0.2) is 18.2 Å². The largest absolute Gasteiger partial charge is 0.0651 e. The lowest BCUT2D eigenvalue weighted by Gasteiger charge is -2.09. The quantitative estimate of drug-likeness (QED) is 0.664. The molecule has 0 saturated carbocycles. The van der Waals surface area contributed by atoms with Crippen molar-refractivity contribution in [3.05, 3.63) is 34.9 Å². The summed E-state index contributed by atoms with van der Waals surface area (Å²) in [5.41, 5.74) is 4.32. The maximum atomic E-state index is 2.33. The maximum absolute atomic E-state index is 2.33. The molecule has 0 amide bonds. The summed E-state index contributed by atoms with van der Waals surface area (Å²) in [5, 5.41) is 0. The van der Waals surface area contributed by atoms with Crippen LogP contribution in [0, 0.1) is 19.8 Å². The second-order valence-electron chi connectivity index (χ2n) is 4.47. The molecule has 78 valence electrons. The minimum absolute atomic E-state index is 0.858. The molecule has 1 rings (SSSR count). The SMILES string of the molecule is CCC(C)CCc1ccc(C)c(C)c1. The molecule has 0 N–H and O–H groups in total. The van der Waals surface area contributed by atoms with Crippen molar-refractivity contribution in [1.82, 2.24) is 0 Å². The van der Waals surface area contributed by atoms with Gasteiger partial charge in [0.05, 0.1) is 0 Å². The highest BCUT2D eigenvalue weighted by atomic mass is 14.1. The lowest BCUT2D eigenvalue weighted by Crippen LogP contribution is -1.96. The van der Waals surface area contributed by atoms with Gasteiger partial charge in [0, 0.05) is 0 Å². The summed E-state index contributed by atoms with van der Waals surface area (Å²) in [5.74, 6) is 0.858. The van der Waals surface area contributed by atoms with Crippen molar-refractivity contribution in [2.24, 2.45) is 5.92 Å². The van der Waals surface area contributed by atoms with Crippen LogP contribution in [0.4, 0.5) is 0 Å². The van der Waals surface area contributed by atoms with Gasteiger partial charge in [0.1, 0.15) is 0 Å². The fraction of sp³-hybridized carbons (Fsp3) is 0.571. The zero-order valence-corrected chi connectivity index (χ0v) is 9.93. The molecule has 0 saturated heterocycles. The van der Waals surface area contributed by atoms with E-state index in [9.17, 15) is 0 Å². The lowest BCUT2D eigenvalue weighted by molar-refractivity contribution is 0.516. The molecule has 0 fully saturated rings. The maximum Gasteiger partial charge on any atom is -0.0276 e. The van der Waals surface area contributed by atoms with Crippen molar-refractivity contribution in [3.8, 4) is 0 Å². The van der Waals surface area contributed by atoms with Gasteiger partial charge in [0.25, 0.3) is 0 Å². The van der Waals surface area contributed by atoms with Crippen LogP contribution >= 0.6 is 0 Å². The summed E-state index contributed by atoms with van der Waals surface area (Å²) in [6.07, 6.45) is 3.85. The van der Waals surface area contributed by atoms with E-state index in [0.29, 0.717) is 0 Å². The molecule has 1 aromatic carbocycles. The van der Waals surface area contributed by atoms with Gasteiger partial charge in [-0.1, -0.05) is 38.5 Å². The van der Waals surface area contributed by atoms with Crippen LogP contribution in [0.5, 0.6) is 0 Å². The number of hydrogen-bond donors (Lipinski definition) is 0. The molecule has 14 heavy (non-hydrogen) atoms. The molecular formula is C14H22. The zero-order chi connectivity index (χ0) is 10.6. The summed E-state index contributed by atoms with van der Waals surface area (Å²) in [6, 6.07) is 6.84. The molecule has 0 aromatic heterocycles. The molecular weight excluding hydrogens is 168 g/mol. The smallest absolute Gasteiger partial charge is 0.0276 e. The molecule has 0 spiro atoms. The molecule has 1 aromatic rings. The lowest BCUT2D eigenvalue weighted by atomic mass is 9.97. The molecule has 0 radical (unpaired) electrons. The van der Waals surface area contributed by atoms with E-state index in [1.807, 2.05) is 0 Å². The van der Waals surface area contributed by atoms with Crippen LogP contribution < -0.4 is 0 Å². The number of benzene rings is 1. The predicted octanol–water partition coefficient (Wildman–Crippen LogP) is 4.28. The fourth-order valence-corrected chi connectivity index (χ4v) is 1.58. The second-order valence-corrected chi connectivity index (χ2v) is 4.47. The van der Waals surface area contributed by atoms with Crippen molar-refractivity contribution < 1.29 is 0 Å². The van der Waals surface area contributed by atoms with Gasteiger partial charge in [-0.3, -0.25) is 0 Å². The summed E-state index contributed by atoms with van der Waals surface area (Å²) in [7, 11) is 0. The Balaban J connectivity index is 2.55. The zero-order valence-electron chi connectivity index (χ0n) is 9.93. The average molecular weight is 190 g/mol. The van der Waals surface area contributed by atoms with Crippen LogP contribution in [0.25, 0.3) is 0 Å². The number of aryl methyl sites for hydroxylation is 3. The summed E-state index contributed by atoms with van der Waals surface area (Å²) in [6.45, 7) is 8.97. The summed E-state index contributed by atoms with van der Waals surface area (Å²) in [4.78, 5) is 0. The highest BCUT2D eigenvalue weighted by Crippen LogP contribution is 2.15. The third kappa shape index (κ3) is 3.17. The first kappa shape index (κ1) is 11.3. The van der Waals surface area contributed by atoms with E-state index in [1.54, 1.807) is 0 Å². The van der Waals surface area contributed by atoms with Crippen molar-refractivity contribution in [1.29, 1.82) is 0 Å². The van der Waals surface area contributed by atoms with Gasteiger partial charge in [-0.2, -0.15) is 0 Å². The van der Waals surface area contributed by atoms with Gasteiger partial charge in [0.2, 0.25) is 0 Å². The first-order chi connectivity index (χ1) is 6.63. The molecule has 0 aliphatic rings. The van der Waals surface area contributed by atoms with E-state index in [2.05, 4.69) is 45.9 Å². The van der Waals surface area contributed by atoms with Crippen LogP contribution in [-0.2, 0) is 6.42 Å². The van der Waals surface area contributed by atoms with E-state index in [0.717, 1.165) is 5.92 Å². The minimum atomic E-state index is 0.858. The van der Waals surface area contributed by atoms with Crippen molar-refractivity contribution >= 4 is 0 Å². The van der Waals surface area contributed by atoms with Crippen molar-refractivity contribution in [2.75, 3.05) is 0 Å². The first-order valence-corrected chi connectivity index (χ1v) is 5.69. The Hall–Kier alpha value is -0.780. The van der Waals surface area contributed by atoms with Crippen molar-refractivity contribution in [2.45, 2.75) is 47.0 Å². The Morgan fingerprint density at radius 1 is 1.14 bits per heavy atom. The topological polar surface area (TPSA) is 0 Å². The molecule has 0 heteroatoms. The third-order valence-electron chi connectivity index (χ3n) is 3.19. The third-order valence-corrected chi connectivity index (χ3v) is 3.19. The van der Waals surface area contributed by atoms with E-state index in [4.69, 9.17) is 0 Å². The Bertz CT molecular complexity index is 286. The summed E-state index contributed by atoms with van der Waals surface area (Å²) >= 11 is 0. The Labute approximate surface area is 88.4 Å². The normalized spacial score (nSPS) is 12.9. The Kier molecular flexibility index (Phi) is 4.19. The predicted molar refractivity (Wildman–Crippen MR) is 63.7 cm³/mol. The Morgan fingerprint density at radius 3 is 2.43 bits per heavy atom. The van der Waals surface area contributed by atoms with Crippen LogP contribution in [0.3, 0.4) is 0 Å². The monoisotopic (exact) mass is 190 g/mol. The molecule has 0 bridgehead atoms. The Morgan fingerprint density at radius 2 is 1.86 bits per heavy atom. The van der Waals surface area contributed by atoms with Crippen molar-refractivity contribution in [3.63, 3.8) is 0 Å². The number of hydrogen-bond acceptors (Lipinski definition) is 0. The van der Waals surface area contributed by atoms with Crippen LogP contribution in [0.2, 0.25) is 0 Å². The van der Waals surface area contributed by atoms with Crippen LogP contribution in [0.1, 0.15) is 43.4 Å². The number of rotatable bonds is 4. The highest BCUT2D eigenvalue weighted by molar-refractivity contribution is 5.29. The van der Waals surface area contributed by atoms with E-state index < -0.39 is 0 Å². The molecule has 0 heterocycles. The standard InChI is InChI=1S/C14H22/c1-5-11(2)6-8-14-9-7-12(3)13(4)10-14/h7,9-11H,5-6,8H2,1-4H3.